The zero-order valence-corrected chi connectivity index (χ0v) is 7.14. The number of hydrogen-bond acceptors (Lipinski definition) is 2. The standard InChI is InChI=1S/C9H16O2/c1-2-8-4-6-9(11-8)5-3-7-10-9/h8H,2-7H2,1H3/t8-,9?/m1/s1. The average molecular weight is 156 g/mol. The summed E-state index contributed by atoms with van der Waals surface area (Å²) in [6.07, 6.45) is 6.20. The smallest absolute Gasteiger partial charge is 0.168 e. The van der Waals surface area contributed by atoms with E-state index in [9.17, 15) is 0 Å². The predicted octanol–water partition coefficient (Wildman–Crippen LogP) is 2.08. The molecular formula is C9H16O2. The fourth-order valence-electron chi connectivity index (χ4n) is 2.05. The lowest BCUT2D eigenvalue weighted by molar-refractivity contribution is -0.198. The molecule has 0 radical (unpaired) electrons. The molecule has 64 valence electrons. The average Bonchev–Trinajstić information content (AvgIpc) is 2.62. The highest BCUT2D eigenvalue weighted by molar-refractivity contribution is 4.83. The van der Waals surface area contributed by atoms with Crippen LogP contribution in [0.1, 0.15) is 39.0 Å². The van der Waals surface area contributed by atoms with Crippen LogP contribution in [0, 0.1) is 0 Å². The molecule has 0 saturated carbocycles. The van der Waals surface area contributed by atoms with Crippen LogP contribution >= 0.6 is 0 Å². The lowest BCUT2D eigenvalue weighted by atomic mass is 10.1. The molecular weight excluding hydrogens is 140 g/mol. The van der Waals surface area contributed by atoms with Crippen molar-refractivity contribution in [1.82, 2.24) is 0 Å². The van der Waals surface area contributed by atoms with Crippen LogP contribution < -0.4 is 0 Å². The lowest BCUT2D eigenvalue weighted by Crippen LogP contribution is -2.27. The maximum Gasteiger partial charge on any atom is 0.168 e. The van der Waals surface area contributed by atoms with Crippen molar-refractivity contribution in [3.05, 3.63) is 0 Å². The Morgan fingerprint density at radius 1 is 1.45 bits per heavy atom. The van der Waals surface area contributed by atoms with E-state index in [-0.39, 0.29) is 5.79 Å². The molecule has 2 aliphatic rings. The highest BCUT2D eigenvalue weighted by Gasteiger charge is 2.42. The van der Waals surface area contributed by atoms with Crippen LogP contribution in [-0.4, -0.2) is 18.5 Å². The summed E-state index contributed by atoms with van der Waals surface area (Å²) < 4.78 is 11.4. The normalized spacial score (nSPS) is 43.9. The van der Waals surface area contributed by atoms with Gasteiger partial charge in [-0.1, -0.05) is 6.92 Å². The van der Waals surface area contributed by atoms with E-state index in [1.807, 2.05) is 0 Å². The van der Waals surface area contributed by atoms with E-state index < -0.39 is 0 Å². The van der Waals surface area contributed by atoms with Crippen molar-refractivity contribution >= 4 is 0 Å². The highest BCUT2D eigenvalue weighted by Crippen LogP contribution is 2.39. The van der Waals surface area contributed by atoms with Crippen molar-refractivity contribution in [2.75, 3.05) is 6.61 Å². The van der Waals surface area contributed by atoms with E-state index >= 15 is 0 Å². The van der Waals surface area contributed by atoms with Crippen LogP contribution in [0.2, 0.25) is 0 Å². The number of hydrogen-bond donors (Lipinski definition) is 0. The molecule has 0 aromatic carbocycles. The van der Waals surface area contributed by atoms with Gasteiger partial charge in [-0.05, 0) is 19.3 Å². The van der Waals surface area contributed by atoms with E-state index in [2.05, 4.69) is 6.92 Å². The quantitative estimate of drug-likeness (QED) is 0.578. The topological polar surface area (TPSA) is 18.5 Å². The van der Waals surface area contributed by atoms with E-state index in [4.69, 9.17) is 9.47 Å². The molecule has 0 aromatic rings. The Morgan fingerprint density at radius 2 is 2.36 bits per heavy atom. The van der Waals surface area contributed by atoms with Crippen LogP contribution in [0.3, 0.4) is 0 Å². The summed E-state index contributed by atoms with van der Waals surface area (Å²) in [5.74, 6) is -0.138. The van der Waals surface area contributed by atoms with Gasteiger partial charge in [-0.2, -0.15) is 0 Å². The second-order valence-electron chi connectivity index (χ2n) is 3.55. The van der Waals surface area contributed by atoms with Crippen LogP contribution in [0.5, 0.6) is 0 Å². The second kappa shape index (κ2) is 2.76. The zero-order valence-electron chi connectivity index (χ0n) is 7.14. The molecule has 1 unspecified atom stereocenters. The lowest BCUT2D eigenvalue weighted by Gasteiger charge is -2.22. The van der Waals surface area contributed by atoms with Crippen molar-refractivity contribution in [3.8, 4) is 0 Å². The molecule has 2 saturated heterocycles. The van der Waals surface area contributed by atoms with Gasteiger partial charge in [-0.15, -0.1) is 0 Å². The molecule has 11 heavy (non-hydrogen) atoms. The molecule has 0 amide bonds. The first-order chi connectivity index (χ1) is 5.35. The summed E-state index contributed by atoms with van der Waals surface area (Å²) in [5.41, 5.74) is 0. The Hall–Kier alpha value is -0.0800. The van der Waals surface area contributed by atoms with Crippen molar-refractivity contribution in [2.24, 2.45) is 0 Å². The zero-order chi connectivity index (χ0) is 7.73. The highest BCUT2D eigenvalue weighted by atomic mass is 16.7. The van der Waals surface area contributed by atoms with Crippen LogP contribution in [0.15, 0.2) is 0 Å². The molecule has 2 heteroatoms. The summed E-state index contributed by atoms with van der Waals surface area (Å²) in [6, 6.07) is 0. The largest absolute Gasteiger partial charge is 0.350 e. The SMILES string of the molecule is CC[C@@H]1CCC2(CCCO2)O1. The van der Waals surface area contributed by atoms with Crippen molar-refractivity contribution < 1.29 is 9.47 Å². The minimum atomic E-state index is -0.138. The fraction of sp³-hybridized carbons (Fsp3) is 1.00. The molecule has 1 spiro atoms. The molecule has 2 fully saturated rings. The third-order valence-electron chi connectivity index (χ3n) is 2.75. The molecule has 0 N–H and O–H groups in total. The molecule has 2 heterocycles. The Labute approximate surface area is 67.9 Å². The summed E-state index contributed by atoms with van der Waals surface area (Å²) in [7, 11) is 0. The fourth-order valence-corrected chi connectivity index (χ4v) is 2.05. The molecule has 0 aliphatic carbocycles. The molecule has 2 rings (SSSR count). The van der Waals surface area contributed by atoms with E-state index in [0.29, 0.717) is 6.10 Å². The van der Waals surface area contributed by atoms with Gasteiger partial charge in [0.1, 0.15) is 0 Å². The Morgan fingerprint density at radius 3 is 2.91 bits per heavy atom. The van der Waals surface area contributed by atoms with Gasteiger partial charge in [0.15, 0.2) is 5.79 Å². The van der Waals surface area contributed by atoms with Crippen molar-refractivity contribution in [2.45, 2.75) is 50.9 Å². The van der Waals surface area contributed by atoms with Gasteiger partial charge in [-0.25, -0.2) is 0 Å². The third-order valence-corrected chi connectivity index (χ3v) is 2.75. The van der Waals surface area contributed by atoms with E-state index in [1.165, 1.54) is 12.8 Å². The van der Waals surface area contributed by atoms with E-state index in [1.54, 1.807) is 0 Å². The van der Waals surface area contributed by atoms with Gasteiger partial charge in [0.05, 0.1) is 12.7 Å². The summed E-state index contributed by atoms with van der Waals surface area (Å²) in [4.78, 5) is 0. The summed E-state index contributed by atoms with van der Waals surface area (Å²) in [5, 5.41) is 0. The summed E-state index contributed by atoms with van der Waals surface area (Å²) >= 11 is 0. The summed E-state index contributed by atoms with van der Waals surface area (Å²) in [6.45, 7) is 3.08. The van der Waals surface area contributed by atoms with Crippen LogP contribution in [-0.2, 0) is 9.47 Å². The first-order valence-corrected chi connectivity index (χ1v) is 4.66. The van der Waals surface area contributed by atoms with Gasteiger partial charge < -0.3 is 9.47 Å². The minimum Gasteiger partial charge on any atom is -0.350 e. The van der Waals surface area contributed by atoms with Gasteiger partial charge in [-0.3, -0.25) is 0 Å². The van der Waals surface area contributed by atoms with Gasteiger partial charge in [0.2, 0.25) is 0 Å². The molecule has 2 nitrogen and oxygen atoms in total. The monoisotopic (exact) mass is 156 g/mol. The molecule has 2 atom stereocenters. The van der Waals surface area contributed by atoms with Crippen molar-refractivity contribution in [3.63, 3.8) is 0 Å². The third kappa shape index (κ3) is 1.30. The Balaban J connectivity index is 1.96. The van der Waals surface area contributed by atoms with Crippen LogP contribution in [0.25, 0.3) is 0 Å². The molecule has 2 aliphatic heterocycles. The van der Waals surface area contributed by atoms with Gasteiger partial charge >= 0.3 is 0 Å². The molecule has 0 aromatic heterocycles. The van der Waals surface area contributed by atoms with Crippen LogP contribution in [0.4, 0.5) is 0 Å². The first kappa shape index (κ1) is 7.56. The van der Waals surface area contributed by atoms with Gasteiger partial charge in [0.25, 0.3) is 0 Å². The van der Waals surface area contributed by atoms with Gasteiger partial charge in [0, 0.05) is 12.8 Å². The maximum atomic E-state index is 5.84. The maximum absolute atomic E-state index is 5.84. The number of rotatable bonds is 1. The van der Waals surface area contributed by atoms with E-state index in [0.717, 1.165) is 25.9 Å². The minimum absolute atomic E-state index is 0.138. The molecule has 0 bridgehead atoms. The second-order valence-corrected chi connectivity index (χ2v) is 3.55. The van der Waals surface area contributed by atoms with Crippen molar-refractivity contribution in [1.29, 1.82) is 0 Å². The first-order valence-electron chi connectivity index (χ1n) is 4.66. The number of ether oxygens (including phenoxy) is 2. The predicted molar refractivity (Wildman–Crippen MR) is 42.3 cm³/mol. The Kier molecular flexibility index (Phi) is 1.90. The Bertz CT molecular complexity index is 138.